The van der Waals surface area contributed by atoms with Crippen molar-refractivity contribution in [2.45, 2.75) is 33.4 Å². The van der Waals surface area contributed by atoms with Gasteiger partial charge >= 0.3 is 5.97 Å². The van der Waals surface area contributed by atoms with Gasteiger partial charge in [-0.1, -0.05) is 32.0 Å². The fourth-order valence-corrected chi connectivity index (χ4v) is 2.94. The molecule has 0 saturated carbocycles. The predicted octanol–water partition coefficient (Wildman–Crippen LogP) is 3.40. The molecule has 0 bridgehead atoms. The Labute approximate surface area is 160 Å². The average molecular weight is 372 g/mol. The number of hydrogen-bond donors (Lipinski definition) is 0. The lowest BCUT2D eigenvalue weighted by atomic mass is 10.0. The first-order valence-electron chi connectivity index (χ1n) is 9.14. The number of para-hydroxylation sites is 1. The van der Waals surface area contributed by atoms with E-state index in [4.69, 9.17) is 9.47 Å². The van der Waals surface area contributed by atoms with Crippen LogP contribution in [0.3, 0.4) is 0 Å². The summed E-state index contributed by atoms with van der Waals surface area (Å²) in [4.78, 5) is 27.1. The minimum Gasteiger partial charge on any atom is -0.462 e. The molecule has 1 aromatic carbocycles. The maximum Gasteiger partial charge on any atom is 0.343 e. The summed E-state index contributed by atoms with van der Waals surface area (Å²) in [6.45, 7) is 6.81. The van der Waals surface area contributed by atoms with E-state index in [1.807, 2.05) is 36.9 Å². The lowest BCUT2D eigenvalue weighted by Gasteiger charge is -2.29. The van der Waals surface area contributed by atoms with E-state index in [0.717, 1.165) is 0 Å². The van der Waals surface area contributed by atoms with Crippen LogP contribution >= 0.6 is 0 Å². The molecule has 27 heavy (non-hydrogen) atoms. The molecule has 6 nitrogen and oxygen atoms in total. The molecule has 2 rings (SSSR count). The second-order valence-corrected chi connectivity index (χ2v) is 6.97. The molecule has 1 atom stereocenters. The zero-order chi connectivity index (χ0) is 20.0. The monoisotopic (exact) mass is 372 g/mol. The number of carbonyl (C=O) groups excluding carboxylic acids is 1. The van der Waals surface area contributed by atoms with Gasteiger partial charge in [0.25, 0.3) is 0 Å². The van der Waals surface area contributed by atoms with Crippen molar-refractivity contribution in [3.8, 4) is 11.5 Å². The number of benzene rings is 1. The molecule has 146 valence electrons. The van der Waals surface area contributed by atoms with E-state index < -0.39 is 11.4 Å². The highest BCUT2D eigenvalue weighted by Gasteiger charge is 2.21. The highest BCUT2D eigenvalue weighted by Crippen LogP contribution is 2.19. The fourth-order valence-electron chi connectivity index (χ4n) is 2.94. The highest BCUT2D eigenvalue weighted by atomic mass is 16.5. The van der Waals surface area contributed by atoms with Gasteiger partial charge in [-0.05, 0) is 39.1 Å². The first-order valence-corrected chi connectivity index (χ1v) is 9.14. The van der Waals surface area contributed by atoms with Crippen molar-refractivity contribution in [1.29, 1.82) is 0 Å². The van der Waals surface area contributed by atoms with Crippen molar-refractivity contribution in [1.82, 2.24) is 9.47 Å². The first kappa shape index (κ1) is 20.7. The number of esters is 1. The third-order valence-corrected chi connectivity index (χ3v) is 4.34. The summed E-state index contributed by atoms with van der Waals surface area (Å²) in [5, 5.41) is 0. The van der Waals surface area contributed by atoms with Gasteiger partial charge in [-0.2, -0.15) is 0 Å². The Kier molecular flexibility index (Phi) is 7.19. The zero-order valence-electron chi connectivity index (χ0n) is 16.6. The number of aromatic nitrogens is 1. The minimum absolute atomic E-state index is 0.0217. The van der Waals surface area contributed by atoms with Crippen molar-refractivity contribution in [2.75, 3.05) is 20.7 Å². The molecule has 1 aromatic heterocycles. The van der Waals surface area contributed by atoms with Crippen molar-refractivity contribution in [3.05, 3.63) is 58.5 Å². The van der Waals surface area contributed by atoms with Crippen LogP contribution in [0, 0.1) is 5.92 Å². The van der Waals surface area contributed by atoms with E-state index in [9.17, 15) is 9.59 Å². The standard InChI is InChI=1S/C21H28N2O4/c1-6-26-21(25)17-12-23(13-18(15(2)3)22(4)5)14-19(20(17)24)27-16-10-8-7-9-11-16/h7-12,14-15,18H,6,13H2,1-5H3/t18-/m0/s1. The molecule has 2 aromatic rings. The lowest BCUT2D eigenvalue weighted by Crippen LogP contribution is -2.37. The quantitative estimate of drug-likeness (QED) is 0.665. The van der Waals surface area contributed by atoms with E-state index in [1.54, 1.807) is 31.5 Å². The summed E-state index contributed by atoms with van der Waals surface area (Å²) in [6, 6.07) is 9.26. The van der Waals surface area contributed by atoms with Crippen LogP contribution in [-0.4, -0.2) is 42.2 Å². The number of pyridine rings is 1. The normalized spacial score (nSPS) is 12.3. The fraction of sp³-hybridized carbons (Fsp3) is 0.429. The molecule has 0 aliphatic rings. The molecule has 0 saturated heterocycles. The SMILES string of the molecule is CCOC(=O)c1cn(C[C@@H](C(C)C)N(C)C)cc(Oc2ccccc2)c1=O. The van der Waals surface area contributed by atoms with Crippen LogP contribution in [0.25, 0.3) is 0 Å². The van der Waals surface area contributed by atoms with Crippen molar-refractivity contribution < 1.29 is 14.3 Å². The van der Waals surface area contributed by atoms with Gasteiger partial charge in [0, 0.05) is 18.8 Å². The van der Waals surface area contributed by atoms with Gasteiger partial charge in [0.2, 0.25) is 5.43 Å². The molecule has 1 heterocycles. The third-order valence-electron chi connectivity index (χ3n) is 4.34. The van der Waals surface area contributed by atoms with Crippen LogP contribution < -0.4 is 10.2 Å². The molecular weight excluding hydrogens is 344 g/mol. The summed E-state index contributed by atoms with van der Waals surface area (Å²) in [5.74, 6) is 0.396. The summed E-state index contributed by atoms with van der Waals surface area (Å²) < 4.78 is 12.6. The number of likely N-dealkylation sites (N-methyl/N-ethyl adjacent to an activating group) is 1. The Morgan fingerprint density at radius 3 is 2.37 bits per heavy atom. The van der Waals surface area contributed by atoms with Gasteiger partial charge in [0.15, 0.2) is 5.75 Å². The molecule has 0 fully saturated rings. The summed E-state index contributed by atoms with van der Waals surface area (Å²) in [6.07, 6.45) is 3.20. The molecule has 6 heteroatoms. The maximum absolute atomic E-state index is 12.7. The van der Waals surface area contributed by atoms with E-state index >= 15 is 0 Å². The molecule has 0 aliphatic heterocycles. The number of carbonyl (C=O) groups is 1. The van der Waals surface area contributed by atoms with Crippen LogP contribution in [-0.2, 0) is 11.3 Å². The van der Waals surface area contributed by atoms with Crippen LogP contribution in [0.2, 0.25) is 0 Å². The number of hydrogen-bond acceptors (Lipinski definition) is 5. The summed E-state index contributed by atoms with van der Waals surface area (Å²) in [5.41, 5.74) is -0.494. The number of ether oxygens (including phenoxy) is 2. The van der Waals surface area contributed by atoms with E-state index in [-0.39, 0.29) is 24.0 Å². The average Bonchev–Trinajstić information content (AvgIpc) is 2.62. The molecule has 0 aliphatic carbocycles. The molecule has 0 radical (unpaired) electrons. The molecule has 0 N–H and O–H groups in total. The Morgan fingerprint density at radius 2 is 1.81 bits per heavy atom. The third kappa shape index (κ3) is 5.44. The molecule has 0 spiro atoms. The summed E-state index contributed by atoms with van der Waals surface area (Å²) >= 11 is 0. The van der Waals surface area contributed by atoms with Crippen LogP contribution in [0.5, 0.6) is 11.5 Å². The van der Waals surface area contributed by atoms with Gasteiger partial charge < -0.3 is 18.9 Å². The van der Waals surface area contributed by atoms with E-state index in [1.165, 1.54) is 0 Å². The Morgan fingerprint density at radius 1 is 1.15 bits per heavy atom. The second kappa shape index (κ2) is 9.37. The maximum atomic E-state index is 12.7. The summed E-state index contributed by atoms with van der Waals surface area (Å²) in [7, 11) is 4.03. The van der Waals surface area contributed by atoms with Crippen LogP contribution in [0.15, 0.2) is 47.5 Å². The van der Waals surface area contributed by atoms with Gasteiger partial charge in [-0.15, -0.1) is 0 Å². The Bertz CT molecular complexity index is 805. The van der Waals surface area contributed by atoms with Crippen molar-refractivity contribution >= 4 is 5.97 Å². The second-order valence-electron chi connectivity index (χ2n) is 6.97. The van der Waals surface area contributed by atoms with Gasteiger partial charge in [-0.25, -0.2) is 4.79 Å². The Hall–Kier alpha value is -2.60. The van der Waals surface area contributed by atoms with Gasteiger partial charge in [0.1, 0.15) is 11.3 Å². The topological polar surface area (TPSA) is 60.8 Å². The zero-order valence-corrected chi connectivity index (χ0v) is 16.6. The number of nitrogens with zero attached hydrogens (tertiary/aromatic N) is 2. The molecule has 0 unspecified atom stereocenters. The van der Waals surface area contributed by atoms with Gasteiger partial charge in [0.05, 0.1) is 12.8 Å². The van der Waals surface area contributed by atoms with Crippen LogP contribution in [0.1, 0.15) is 31.1 Å². The predicted molar refractivity (Wildman–Crippen MR) is 105 cm³/mol. The van der Waals surface area contributed by atoms with E-state index in [0.29, 0.717) is 18.2 Å². The smallest absolute Gasteiger partial charge is 0.343 e. The largest absolute Gasteiger partial charge is 0.462 e. The number of rotatable bonds is 8. The highest BCUT2D eigenvalue weighted by molar-refractivity contribution is 5.89. The lowest BCUT2D eigenvalue weighted by molar-refractivity contribution is 0.0523. The molecule has 0 amide bonds. The van der Waals surface area contributed by atoms with Crippen molar-refractivity contribution in [2.24, 2.45) is 5.92 Å². The van der Waals surface area contributed by atoms with E-state index in [2.05, 4.69) is 18.7 Å². The minimum atomic E-state index is -0.638. The Balaban J connectivity index is 2.46. The molecular formula is C21H28N2O4. The van der Waals surface area contributed by atoms with Crippen molar-refractivity contribution in [3.63, 3.8) is 0 Å². The van der Waals surface area contributed by atoms with Gasteiger partial charge in [-0.3, -0.25) is 4.79 Å². The first-order chi connectivity index (χ1) is 12.8. The van der Waals surface area contributed by atoms with Crippen LogP contribution in [0.4, 0.5) is 0 Å².